The Morgan fingerprint density at radius 1 is 1.25 bits per heavy atom. The molecule has 2 aromatic rings. The van der Waals surface area contributed by atoms with E-state index in [-0.39, 0.29) is 11.7 Å². The Labute approximate surface area is 118 Å². The molecule has 0 unspecified atom stereocenters. The fraction of sp³-hybridized carbons (Fsp3) is 0.312. The molecule has 0 aliphatic heterocycles. The van der Waals surface area contributed by atoms with Gasteiger partial charge in [0.2, 0.25) is 0 Å². The molecular formula is C16H19NO3. The Kier molecular flexibility index (Phi) is 4.58. The lowest BCUT2D eigenvalue weighted by molar-refractivity contribution is 0.0707. The largest absolute Gasteiger partial charge is 0.507 e. The minimum absolute atomic E-state index is 0.0111. The zero-order chi connectivity index (χ0) is 14.5. The van der Waals surface area contributed by atoms with Crippen molar-refractivity contribution in [2.45, 2.75) is 6.92 Å². The third-order valence-electron chi connectivity index (χ3n) is 3.22. The summed E-state index contributed by atoms with van der Waals surface area (Å²) in [6.07, 6.45) is 0. The molecule has 0 fully saturated rings. The molecule has 4 nitrogen and oxygen atoms in total. The van der Waals surface area contributed by atoms with Crippen molar-refractivity contribution in [3.05, 3.63) is 42.0 Å². The highest BCUT2D eigenvalue weighted by Crippen LogP contribution is 2.25. The van der Waals surface area contributed by atoms with Gasteiger partial charge in [-0.1, -0.05) is 24.3 Å². The van der Waals surface area contributed by atoms with Gasteiger partial charge >= 0.3 is 0 Å². The number of benzene rings is 2. The summed E-state index contributed by atoms with van der Waals surface area (Å²) in [5, 5.41) is 11.9. The maximum atomic E-state index is 12.3. The number of phenolic OH excluding ortho intramolecular Hbond substituents is 1. The summed E-state index contributed by atoms with van der Waals surface area (Å²) in [6.45, 7) is 3.53. The third kappa shape index (κ3) is 3.08. The fourth-order valence-electron chi connectivity index (χ4n) is 2.05. The molecule has 0 aliphatic carbocycles. The Morgan fingerprint density at radius 3 is 2.55 bits per heavy atom. The molecule has 1 amide bonds. The normalized spacial score (nSPS) is 10.7. The second-order valence-corrected chi connectivity index (χ2v) is 4.64. The second-order valence-electron chi connectivity index (χ2n) is 4.64. The highest BCUT2D eigenvalue weighted by molar-refractivity contribution is 6.01. The number of carbonyl (C=O) groups is 1. The van der Waals surface area contributed by atoms with Gasteiger partial charge in [-0.05, 0) is 29.8 Å². The van der Waals surface area contributed by atoms with Crippen LogP contribution < -0.4 is 0 Å². The fourth-order valence-corrected chi connectivity index (χ4v) is 2.05. The van der Waals surface area contributed by atoms with E-state index in [2.05, 4.69) is 0 Å². The van der Waals surface area contributed by atoms with Crippen LogP contribution in [0.1, 0.15) is 17.3 Å². The molecule has 106 valence electrons. The average Bonchev–Trinajstić information content (AvgIpc) is 2.46. The summed E-state index contributed by atoms with van der Waals surface area (Å²) < 4.78 is 5.23. The topological polar surface area (TPSA) is 49.8 Å². The van der Waals surface area contributed by atoms with Crippen LogP contribution in [0.2, 0.25) is 0 Å². The quantitative estimate of drug-likeness (QED) is 0.852. The van der Waals surface area contributed by atoms with E-state index in [1.165, 1.54) is 0 Å². The molecule has 2 rings (SSSR count). The lowest BCUT2D eigenvalue weighted by atomic mass is 10.1. The molecule has 0 saturated carbocycles. The summed E-state index contributed by atoms with van der Waals surface area (Å²) in [4.78, 5) is 13.9. The van der Waals surface area contributed by atoms with Gasteiger partial charge in [0.15, 0.2) is 0 Å². The second kappa shape index (κ2) is 6.39. The number of fused-ring (bicyclic) bond motifs is 1. The van der Waals surface area contributed by atoms with Crippen LogP contribution in [0.15, 0.2) is 36.4 Å². The highest BCUT2D eigenvalue weighted by Gasteiger charge is 2.16. The van der Waals surface area contributed by atoms with Crippen molar-refractivity contribution in [1.29, 1.82) is 0 Å². The summed E-state index contributed by atoms with van der Waals surface area (Å²) in [6, 6.07) is 11.0. The molecule has 0 aromatic heterocycles. The third-order valence-corrected chi connectivity index (χ3v) is 3.22. The highest BCUT2D eigenvalue weighted by atomic mass is 16.5. The van der Waals surface area contributed by atoms with E-state index in [1.807, 2.05) is 31.2 Å². The van der Waals surface area contributed by atoms with Crippen LogP contribution in [0, 0.1) is 0 Å². The predicted octanol–water partition coefficient (Wildman–Crippen LogP) is 2.65. The lowest BCUT2D eigenvalue weighted by Crippen LogP contribution is -2.30. The van der Waals surface area contributed by atoms with Crippen molar-refractivity contribution in [1.82, 2.24) is 4.90 Å². The first-order valence-corrected chi connectivity index (χ1v) is 6.68. The number of carbonyl (C=O) groups excluding carboxylic acids is 1. The van der Waals surface area contributed by atoms with Gasteiger partial charge < -0.3 is 14.7 Å². The van der Waals surface area contributed by atoms with Gasteiger partial charge in [0.25, 0.3) is 5.91 Å². The molecule has 0 radical (unpaired) electrons. The zero-order valence-electron chi connectivity index (χ0n) is 11.8. The maximum Gasteiger partial charge on any atom is 0.257 e. The van der Waals surface area contributed by atoms with E-state index in [4.69, 9.17) is 4.74 Å². The molecule has 2 aromatic carbocycles. The number of aromatic hydroxyl groups is 1. The summed E-state index contributed by atoms with van der Waals surface area (Å²) >= 11 is 0. The van der Waals surface area contributed by atoms with Crippen LogP contribution in [0.4, 0.5) is 0 Å². The monoisotopic (exact) mass is 273 g/mol. The smallest absolute Gasteiger partial charge is 0.257 e. The van der Waals surface area contributed by atoms with Gasteiger partial charge in [-0.3, -0.25) is 4.79 Å². The van der Waals surface area contributed by atoms with Gasteiger partial charge in [-0.2, -0.15) is 0 Å². The number of hydrogen-bond donors (Lipinski definition) is 1. The van der Waals surface area contributed by atoms with Crippen molar-refractivity contribution >= 4 is 16.7 Å². The summed E-state index contributed by atoms with van der Waals surface area (Å²) in [7, 11) is 1.70. The van der Waals surface area contributed by atoms with E-state index >= 15 is 0 Å². The number of phenols is 1. The molecule has 4 heteroatoms. The zero-order valence-corrected chi connectivity index (χ0v) is 11.8. The SMILES string of the molecule is CCOCCN(C)C(=O)c1cc2ccccc2cc1O. The molecule has 20 heavy (non-hydrogen) atoms. The molecule has 0 saturated heterocycles. The number of ether oxygens (including phenoxy) is 1. The maximum absolute atomic E-state index is 12.3. The van der Waals surface area contributed by atoms with Gasteiger partial charge in [-0.25, -0.2) is 0 Å². The van der Waals surface area contributed by atoms with Crippen molar-refractivity contribution in [2.75, 3.05) is 26.8 Å². The predicted molar refractivity (Wildman–Crippen MR) is 79.1 cm³/mol. The molecule has 0 atom stereocenters. The van der Waals surface area contributed by atoms with E-state index in [9.17, 15) is 9.90 Å². The summed E-state index contributed by atoms with van der Waals surface area (Å²) in [5.41, 5.74) is 0.322. The van der Waals surface area contributed by atoms with Crippen LogP contribution in [0.3, 0.4) is 0 Å². The van der Waals surface area contributed by atoms with Crippen molar-refractivity contribution < 1.29 is 14.6 Å². The van der Waals surface area contributed by atoms with Gasteiger partial charge in [-0.15, -0.1) is 0 Å². The molecule has 0 heterocycles. The van der Waals surface area contributed by atoms with Crippen molar-refractivity contribution in [3.8, 4) is 5.75 Å². The van der Waals surface area contributed by atoms with Gasteiger partial charge in [0.05, 0.1) is 12.2 Å². The van der Waals surface area contributed by atoms with Gasteiger partial charge in [0.1, 0.15) is 5.75 Å². The number of nitrogens with zero attached hydrogens (tertiary/aromatic N) is 1. The molecule has 0 bridgehead atoms. The van der Waals surface area contributed by atoms with Gasteiger partial charge in [0, 0.05) is 20.2 Å². The average molecular weight is 273 g/mol. The van der Waals surface area contributed by atoms with Crippen LogP contribution in [-0.4, -0.2) is 42.7 Å². The van der Waals surface area contributed by atoms with Crippen molar-refractivity contribution in [3.63, 3.8) is 0 Å². The Bertz CT molecular complexity index is 610. The minimum Gasteiger partial charge on any atom is -0.507 e. The number of rotatable bonds is 5. The standard InChI is InChI=1S/C16H19NO3/c1-3-20-9-8-17(2)16(19)14-10-12-6-4-5-7-13(12)11-15(14)18/h4-7,10-11,18H,3,8-9H2,1-2H3. The van der Waals surface area contributed by atoms with E-state index < -0.39 is 0 Å². The molecular weight excluding hydrogens is 254 g/mol. The first kappa shape index (κ1) is 14.3. The van der Waals surface area contributed by atoms with Crippen LogP contribution in [0.25, 0.3) is 10.8 Å². The first-order chi connectivity index (χ1) is 9.63. The van der Waals surface area contributed by atoms with E-state index in [0.717, 1.165) is 10.8 Å². The first-order valence-electron chi connectivity index (χ1n) is 6.68. The van der Waals surface area contributed by atoms with Crippen LogP contribution in [-0.2, 0) is 4.74 Å². The molecule has 1 N–H and O–H groups in total. The molecule has 0 aliphatic rings. The minimum atomic E-state index is -0.201. The Morgan fingerprint density at radius 2 is 1.90 bits per heavy atom. The number of amides is 1. The van der Waals surface area contributed by atoms with Crippen LogP contribution >= 0.6 is 0 Å². The van der Waals surface area contributed by atoms with E-state index in [1.54, 1.807) is 24.1 Å². The van der Waals surface area contributed by atoms with E-state index in [0.29, 0.717) is 25.3 Å². The van der Waals surface area contributed by atoms with Crippen molar-refractivity contribution in [2.24, 2.45) is 0 Å². The molecule has 0 spiro atoms. The summed E-state index contributed by atoms with van der Waals surface area (Å²) in [5.74, 6) is -0.190. The Balaban J connectivity index is 2.23. The number of hydrogen-bond acceptors (Lipinski definition) is 3. The lowest BCUT2D eigenvalue weighted by Gasteiger charge is -2.18. The Hall–Kier alpha value is -2.07. The number of likely N-dealkylation sites (N-methyl/N-ethyl adjacent to an activating group) is 1. The van der Waals surface area contributed by atoms with Crippen LogP contribution in [0.5, 0.6) is 5.75 Å².